The molecule has 1 N–H and O–H groups in total. The minimum atomic E-state index is -0.746. The third kappa shape index (κ3) is 5.18. The van der Waals surface area contributed by atoms with E-state index in [1.54, 1.807) is 4.68 Å². The fourth-order valence-corrected chi connectivity index (χ4v) is 4.22. The van der Waals surface area contributed by atoms with E-state index in [1.807, 2.05) is 30.8 Å². The predicted octanol–water partition coefficient (Wildman–Crippen LogP) is 2.59. The SMILES string of the molecule is CCCCn1nnnc1Cc1c(-c2ccc(O[C@H]3CCC[C@H](C(=O)O)C3)c(C)n2)nnn1C. The summed E-state index contributed by atoms with van der Waals surface area (Å²) < 4.78 is 9.68. The molecule has 4 rings (SSSR count). The molecule has 0 unspecified atom stereocenters. The quantitative estimate of drug-likeness (QED) is 0.517. The molecule has 3 heterocycles. The molecule has 33 heavy (non-hydrogen) atoms. The largest absolute Gasteiger partial charge is 0.489 e. The number of ether oxygens (including phenoxy) is 1. The summed E-state index contributed by atoms with van der Waals surface area (Å²) in [5.41, 5.74) is 2.98. The van der Waals surface area contributed by atoms with Gasteiger partial charge in [-0.15, -0.1) is 10.2 Å². The van der Waals surface area contributed by atoms with E-state index in [-0.39, 0.29) is 12.0 Å². The number of aromatic nitrogens is 8. The number of nitrogens with zero attached hydrogens (tertiary/aromatic N) is 8. The fraction of sp³-hybridized carbons (Fsp3) is 0.591. The van der Waals surface area contributed by atoms with Crippen molar-refractivity contribution in [1.82, 2.24) is 40.2 Å². The zero-order valence-corrected chi connectivity index (χ0v) is 19.3. The van der Waals surface area contributed by atoms with Gasteiger partial charge >= 0.3 is 5.97 Å². The van der Waals surface area contributed by atoms with Crippen LogP contribution in [0.1, 0.15) is 62.7 Å². The van der Waals surface area contributed by atoms with Gasteiger partial charge in [0.15, 0.2) is 5.82 Å². The number of carbonyl (C=O) groups is 1. The van der Waals surface area contributed by atoms with Crippen LogP contribution in [0.2, 0.25) is 0 Å². The van der Waals surface area contributed by atoms with Gasteiger partial charge in [-0.2, -0.15) is 0 Å². The Morgan fingerprint density at radius 3 is 2.85 bits per heavy atom. The molecule has 0 spiro atoms. The van der Waals surface area contributed by atoms with Gasteiger partial charge in [0.05, 0.1) is 35.5 Å². The van der Waals surface area contributed by atoms with Crippen molar-refractivity contribution < 1.29 is 14.6 Å². The smallest absolute Gasteiger partial charge is 0.306 e. The standard InChI is InChI=1S/C22H30N8O3/c1-4-5-11-30-20(24-26-28-30)13-18-21(25-27-29(18)3)17-9-10-19(14(2)23-17)33-16-8-6-7-15(12-16)22(31)32/h9-10,15-16H,4-8,11-13H2,1-3H3,(H,31,32)/t15-,16-/m0/s1. The fourth-order valence-electron chi connectivity index (χ4n) is 4.22. The van der Waals surface area contributed by atoms with E-state index in [2.05, 4.69) is 32.8 Å². The molecule has 3 aromatic rings. The minimum absolute atomic E-state index is 0.111. The summed E-state index contributed by atoms with van der Waals surface area (Å²) in [6.07, 6.45) is 5.39. The summed E-state index contributed by atoms with van der Waals surface area (Å²) in [6, 6.07) is 3.75. The normalized spacial score (nSPS) is 18.4. The molecule has 1 saturated carbocycles. The second-order valence-electron chi connectivity index (χ2n) is 8.58. The molecule has 3 aromatic heterocycles. The van der Waals surface area contributed by atoms with Crippen molar-refractivity contribution in [2.75, 3.05) is 0 Å². The Kier molecular flexibility index (Phi) is 6.95. The molecule has 0 aliphatic heterocycles. The summed E-state index contributed by atoms with van der Waals surface area (Å²) in [5, 5.41) is 30.0. The first kappa shape index (κ1) is 22.8. The van der Waals surface area contributed by atoms with Crippen LogP contribution in [-0.4, -0.2) is 57.4 Å². The van der Waals surface area contributed by atoms with Crippen molar-refractivity contribution in [3.05, 3.63) is 29.3 Å². The molecule has 11 nitrogen and oxygen atoms in total. The molecule has 11 heteroatoms. The number of pyridine rings is 1. The molecular weight excluding hydrogens is 424 g/mol. The van der Waals surface area contributed by atoms with Crippen LogP contribution in [0.15, 0.2) is 12.1 Å². The molecule has 2 atom stereocenters. The number of carboxylic acids is 1. The van der Waals surface area contributed by atoms with Crippen LogP contribution in [0.5, 0.6) is 5.75 Å². The van der Waals surface area contributed by atoms with Crippen molar-refractivity contribution in [2.45, 2.75) is 71.4 Å². The Morgan fingerprint density at radius 1 is 1.24 bits per heavy atom. The van der Waals surface area contributed by atoms with Crippen molar-refractivity contribution in [3.63, 3.8) is 0 Å². The van der Waals surface area contributed by atoms with Gasteiger partial charge in [0.25, 0.3) is 0 Å². The van der Waals surface area contributed by atoms with E-state index >= 15 is 0 Å². The lowest BCUT2D eigenvalue weighted by Gasteiger charge is -2.27. The highest BCUT2D eigenvalue weighted by atomic mass is 16.5. The zero-order valence-electron chi connectivity index (χ0n) is 19.3. The van der Waals surface area contributed by atoms with Gasteiger partial charge in [0, 0.05) is 13.6 Å². The molecule has 0 amide bonds. The molecule has 0 radical (unpaired) electrons. The summed E-state index contributed by atoms with van der Waals surface area (Å²) >= 11 is 0. The van der Waals surface area contributed by atoms with Crippen LogP contribution in [0.3, 0.4) is 0 Å². The molecule has 0 aromatic carbocycles. The number of unbranched alkanes of at least 4 members (excludes halogenated alkanes) is 1. The Labute approximate surface area is 192 Å². The molecule has 1 fully saturated rings. The number of aliphatic carboxylic acids is 1. The monoisotopic (exact) mass is 454 g/mol. The van der Waals surface area contributed by atoms with Crippen LogP contribution in [-0.2, 0) is 24.8 Å². The average Bonchev–Trinajstić information content (AvgIpc) is 3.40. The molecule has 0 bridgehead atoms. The molecule has 0 saturated heterocycles. The van der Waals surface area contributed by atoms with Crippen LogP contribution < -0.4 is 4.74 Å². The summed E-state index contributed by atoms with van der Waals surface area (Å²) in [7, 11) is 1.85. The number of tetrazole rings is 1. The third-order valence-corrected chi connectivity index (χ3v) is 6.15. The van der Waals surface area contributed by atoms with Gasteiger partial charge in [-0.1, -0.05) is 18.6 Å². The van der Waals surface area contributed by atoms with Gasteiger partial charge in [0.2, 0.25) is 0 Å². The van der Waals surface area contributed by atoms with Crippen LogP contribution >= 0.6 is 0 Å². The van der Waals surface area contributed by atoms with Crippen LogP contribution in [0.4, 0.5) is 0 Å². The van der Waals surface area contributed by atoms with Gasteiger partial charge in [-0.25, -0.2) is 9.67 Å². The number of hydrogen-bond donors (Lipinski definition) is 1. The minimum Gasteiger partial charge on any atom is -0.489 e. The van der Waals surface area contributed by atoms with Crippen molar-refractivity contribution in [2.24, 2.45) is 13.0 Å². The molecular formula is C22H30N8O3. The number of aryl methyl sites for hydroxylation is 3. The highest BCUT2D eigenvalue weighted by Crippen LogP contribution is 2.30. The first-order chi connectivity index (χ1) is 16.0. The van der Waals surface area contributed by atoms with Crippen molar-refractivity contribution >= 4 is 5.97 Å². The van der Waals surface area contributed by atoms with Gasteiger partial charge in [-0.05, 0) is 61.6 Å². The first-order valence-electron chi connectivity index (χ1n) is 11.5. The zero-order chi connectivity index (χ0) is 23.4. The van der Waals surface area contributed by atoms with E-state index in [0.717, 1.165) is 49.4 Å². The summed E-state index contributed by atoms with van der Waals surface area (Å²) in [4.78, 5) is 16.1. The lowest BCUT2D eigenvalue weighted by Crippen LogP contribution is -2.29. The summed E-state index contributed by atoms with van der Waals surface area (Å²) in [5.74, 6) is 0.345. The second-order valence-corrected chi connectivity index (χ2v) is 8.58. The first-order valence-corrected chi connectivity index (χ1v) is 11.5. The third-order valence-electron chi connectivity index (χ3n) is 6.15. The Balaban J connectivity index is 1.52. The highest BCUT2D eigenvalue weighted by Gasteiger charge is 2.28. The molecule has 1 aliphatic carbocycles. The Hall–Kier alpha value is -3.37. The van der Waals surface area contributed by atoms with E-state index in [0.29, 0.717) is 36.4 Å². The topological polar surface area (TPSA) is 134 Å². The van der Waals surface area contributed by atoms with E-state index in [9.17, 15) is 9.90 Å². The summed E-state index contributed by atoms with van der Waals surface area (Å²) in [6.45, 7) is 4.79. The van der Waals surface area contributed by atoms with Gasteiger partial charge in [-0.3, -0.25) is 9.48 Å². The van der Waals surface area contributed by atoms with Crippen LogP contribution in [0.25, 0.3) is 11.4 Å². The predicted molar refractivity (Wildman–Crippen MR) is 119 cm³/mol. The molecule has 176 valence electrons. The van der Waals surface area contributed by atoms with Crippen molar-refractivity contribution in [3.8, 4) is 17.1 Å². The van der Waals surface area contributed by atoms with E-state index < -0.39 is 5.97 Å². The van der Waals surface area contributed by atoms with Crippen molar-refractivity contribution in [1.29, 1.82) is 0 Å². The van der Waals surface area contributed by atoms with Gasteiger partial charge in [0.1, 0.15) is 11.4 Å². The highest BCUT2D eigenvalue weighted by molar-refractivity contribution is 5.70. The Bertz CT molecular complexity index is 1110. The van der Waals surface area contributed by atoms with Gasteiger partial charge < -0.3 is 9.84 Å². The maximum atomic E-state index is 11.3. The van der Waals surface area contributed by atoms with E-state index in [1.165, 1.54) is 0 Å². The maximum Gasteiger partial charge on any atom is 0.306 e. The van der Waals surface area contributed by atoms with E-state index in [4.69, 9.17) is 9.72 Å². The number of rotatable bonds is 9. The average molecular weight is 455 g/mol. The lowest BCUT2D eigenvalue weighted by molar-refractivity contribution is -0.143. The van der Waals surface area contributed by atoms with Crippen LogP contribution in [0, 0.1) is 12.8 Å². The maximum absolute atomic E-state index is 11.3. The number of carboxylic acid groups (broad SMARTS) is 1. The molecule has 1 aliphatic rings. The number of hydrogen-bond acceptors (Lipinski definition) is 8. The Morgan fingerprint density at radius 2 is 2.09 bits per heavy atom. The lowest BCUT2D eigenvalue weighted by atomic mass is 9.87. The second kappa shape index (κ2) is 10.1.